The Morgan fingerprint density at radius 1 is 1.33 bits per heavy atom. The molecule has 0 spiro atoms. The standard InChI is InChI=1S/C12H15FN2/c1-2-10-5-11(7-12(13)6-10)8-15-4-3-14-9-15/h5-7,9H,2-4,8H2,1H3. The minimum absolute atomic E-state index is 0.138. The van der Waals surface area contributed by atoms with Crippen LogP contribution in [0.15, 0.2) is 23.2 Å². The lowest BCUT2D eigenvalue weighted by Gasteiger charge is -2.14. The maximum atomic E-state index is 13.2. The van der Waals surface area contributed by atoms with E-state index in [1.165, 1.54) is 0 Å². The van der Waals surface area contributed by atoms with Crippen molar-refractivity contribution in [2.24, 2.45) is 4.99 Å². The fourth-order valence-electron chi connectivity index (χ4n) is 1.78. The molecule has 0 saturated heterocycles. The van der Waals surface area contributed by atoms with Crippen LogP contribution in [0.3, 0.4) is 0 Å². The second-order valence-electron chi connectivity index (χ2n) is 3.81. The molecule has 80 valence electrons. The van der Waals surface area contributed by atoms with Gasteiger partial charge in [-0.3, -0.25) is 4.99 Å². The van der Waals surface area contributed by atoms with Crippen LogP contribution in [0.5, 0.6) is 0 Å². The summed E-state index contributed by atoms with van der Waals surface area (Å²) in [7, 11) is 0. The van der Waals surface area contributed by atoms with Crippen molar-refractivity contribution in [2.75, 3.05) is 13.1 Å². The highest BCUT2D eigenvalue weighted by Crippen LogP contribution is 2.12. The van der Waals surface area contributed by atoms with Crippen molar-refractivity contribution in [3.05, 3.63) is 35.1 Å². The molecule has 1 heterocycles. The Kier molecular flexibility index (Phi) is 2.99. The molecule has 0 aliphatic carbocycles. The third kappa shape index (κ3) is 2.55. The number of hydrogen-bond donors (Lipinski definition) is 0. The van der Waals surface area contributed by atoms with Crippen molar-refractivity contribution in [2.45, 2.75) is 19.9 Å². The van der Waals surface area contributed by atoms with Gasteiger partial charge in [0.05, 0.1) is 12.9 Å². The Labute approximate surface area is 89.4 Å². The van der Waals surface area contributed by atoms with Gasteiger partial charge in [0.25, 0.3) is 0 Å². The lowest BCUT2D eigenvalue weighted by atomic mass is 10.1. The third-order valence-corrected chi connectivity index (χ3v) is 2.57. The van der Waals surface area contributed by atoms with Crippen LogP contribution in [0.2, 0.25) is 0 Å². The molecule has 0 atom stereocenters. The Hall–Kier alpha value is -1.38. The Bertz CT molecular complexity index is 374. The van der Waals surface area contributed by atoms with Gasteiger partial charge in [0.1, 0.15) is 5.82 Å². The van der Waals surface area contributed by atoms with Gasteiger partial charge in [-0.1, -0.05) is 13.0 Å². The second kappa shape index (κ2) is 4.43. The molecule has 2 rings (SSSR count). The van der Waals surface area contributed by atoms with Crippen LogP contribution in [0.25, 0.3) is 0 Å². The third-order valence-electron chi connectivity index (χ3n) is 2.57. The number of hydrogen-bond acceptors (Lipinski definition) is 2. The van der Waals surface area contributed by atoms with E-state index in [0.717, 1.165) is 37.2 Å². The van der Waals surface area contributed by atoms with Gasteiger partial charge in [-0.2, -0.15) is 0 Å². The van der Waals surface area contributed by atoms with Gasteiger partial charge in [0, 0.05) is 13.1 Å². The van der Waals surface area contributed by atoms with Gasteiger partial charge < -0.3 is 4.90 Å². The monoisotopic (exact) mass is 206 g/mol. The molecule has 1 aromatic carbocycles. The number of halogens is 1. The van der Waals surface area contributed by atoms with E-state index in [9.17, 15) is 4.39 Å². The van der Waals surface area contributed by atoms with E-state index >= 15 is 0 Å². The van der Waals surface area contributed by atoms with Crippen LogP contribution in [0.1, 0.15) is 18.1 Å². The predicted molar refractivity (Wildman–Crippen MR) is 59.5 cm³/mol. The van der Waals surface area contributed by atoms with E-state index < -0.39 is 0 Å². The molecule has 0 amide bonds. The second-order valence-corrected chi connectivity index (χ2v) is 3.81. The first kappa shape index (κ1) is 10.1. The van der Waals surface area contributed by atoms with Crippen molar-refractivity contribution in [3.8, 4) is 0 Å². The number of aryl methyl sites for hydroxylation is 1. The van der Waals surface area contributed by atoms with E-state index in [1.807, 2.05) is 13.3 Å². The molecular formula is C12H15FN2. The van der Waals surface area contributed by atoms with Crippen LogP contribution in [0.4, 0.5) is 4.39 Å². The topological polar surface area (TPSA) is 15.6 Å². The first-order valence-electron chi connectivity index (χ1n) is 5.30. The van der Waals surface area contributed by atoms with Gasteiger partial charge in [0.15, 0.2) is 0 Å². The van der Waals surface area contributed by atoms with E-state index in [2.05, 4.69) is 16.0 Å². The summed E-state index contributed by atoms with van der Waals surface area (Å²) < 4.78 is 13.2. The SMILES string of the molecule is CCc1cc(F)cc(CN2C=NCC2)c1. The van der Waals surface area contributed by atoms with Crippen molar-refractivity contribution in [1.82, 2.24) is 4.90 Å². The highest BCUT2D eigenvalue weighted by atomic mass is 19.1. The van der Waals surface area contributed by atoms with Crippen LogP contribution < -0.4 is 0 Å². The minimum Gasteiger partial charge on any atom is -0.357 e. The predicted octanol–water partition coefficient (Wildman–Crippen LogP) is 2.23. The molecule has 0 fully saturated rings. The summed E-state index contributed by atoms with van der Waals surface area (Å²) in [5.41, 5.74) is 2.08. The normalized spacial score (nSPS) is 14.9. The summed E-state index contributed by atoms with van der Waals surface area (Å²) in [6.07, 6.45) is 2.72. The first-order valence-corrected chi connectivity index (χ1v) is 5.30. The minimum atomic E-state index is -0.138. The largest absolute Gasteiger partial charge is 0.357 e. The number of aliphatic imine (C=N–C) groups is 1. The summed E-state index contributed by atoms with van der Waals surface area (Å²) in [5, 5.41) is 0. The van der Waals surface area contributed by atoms with Crippen molar-refractivity contribution >= 4 is 6.34 Å². The van der Waals surface area contributed by atoms with E-state index in [0.29, 0.717) is 0 Å². The van der Waals surface area contributed by atoms with Crippen LogP contribution in [-0.2, 0) is 13.0 Å². The molecule has 1 aliphatic heterocycles. The molecule has 1 aliphatic rings. The first-order chi connectivity index (χ1) is 7.28. The fraction of sp³-hybridized carbons (Fsp3) is 0.417. The Balaban J connectivity index is 2.12. The lowest BCUT2D eigenvalue weighted by molar-refractivity contribution is 0.461. The molecule has 0 saturated carbocycles. The summed E-state index contributed by atoms with van der Waals surface area (Å²) in [6, 6.07) is 5.27. The van der Waals surface area contributed by atoms with E-state index in [4.69, 9.17) is 0 Å². The van der Waals surface area contributed by atoms with Crippen LogP contribution >= 0.6 is 0 Å². The zero-order valence-corrected chi connectivity index (χ0v) is 8.91. The van der Waals surface area contributed by atoms with E-state index in [1.54, 1.807) is 12.1 Å². The average Bonchev–Trinajstić information content (AvgIpc) is 2.69. The quantitative estimate of drug-likeness (QED) is 0.740. The molecule has 0 aromatic heterocycles. The Morgan fingerprint density at radius 2 is 2.13 bits per heavy atom. The van der Waals surface area contributed by atoms with E-state index in [-0.39, 0.29) is 5.82 Å². The highest BCUT2D eigenvalue weighted by Gasteiger charge is 2.07. The molecular weight excluding hydrogens is 191 g/mol. The maximum absolute atomic E-state index is 13.2. The summed E-state index contributed by atoms with van der Waals surface area (Å²) in [6.45, 7) is 4.60. The van der Waals surface area contributed by atoms with Crippen molar-refractivity contribution < 1.29 is 4.39 Å². The molecule has 0 N–H and O–H groups in total. The summed E-state index contributed by atoms with van der Waals surface area (Å²) >= 11 is 0. The molecule has 0 radical (unpaired) electrons. The zero-order chi connectivity index (χ0) is 10.7. The van der Waals surface area contributed by atoms with Gasteiger partial charge in [0.2, 0.25) is 0 Å². The van der Waals surface area contributed by atoms with Gasteiger partial charge in [-0.25, -0.2) is 4.39 Å². The molecule has 2 nitrogen and oxygen atoms in total. The van der Waals surface area contributed by atoms with Gasteiger partial charge in [-0.15, -0.1) is 0 Å². The van der Waals surface area contributed by atoms with Crippen molar-refractivity contribution in [1.29, 1.82) is 0 Å². The van der Waals surface area contributed by atoms with Crippen LogP contribution in [-0.4, -0.2) is 24.3 Å². The van der Waals surface area contributed by atoms with Gasteiger partial charge >= 0.3 is 0 Å². The average molecular weight is 206 g/mol. The number of benzene rings is 1. The molecule has 15 heavy (non-hydrogen) atoms. The lowest BCUT2D eigenvalue weighted by Crippen LogP contribution is -2.19. The van der Waals surface area contributed by atoms with Crippen molar-refractivity contribution in [3.63, 3.8) is 0 Å². The fourth-order valence-corrected chi connectivity index (χ4v) is 1.78. The maximum Gasteiger partial charge on any atom is 0.123 e. The zero-order valence-electron chi connectivity index (χ0n) is 8.91. The molecule has 0 bridgehead atoms. The summed E-state index contributed by atoms with van der Waals surface area (Å²) in [4.78, 5) is 6.24. The van der Waals surface area contributed by atoms with Gasteiger partial charge in [-0.05, 0) is 29.7 Å². The molecule has 0 unspecified atom stereocenters. The molecule has 3 heteroatoms. The summed E-state index contributed by atoms with van der Waals surface area (Å²) in [5.74, 6) is -0.138. The number of rotatable bonds is 3. The number of nitrogens with zero attached hydrogens (tertiary/aromatic N) is 2. The van der Waals surface area contributed by atoms with Crippen LogP contribution in [0, 0.1) is 5.82 Å². The Morgan fingerprint density at radius 3 is 2.80 bits per heavy atom. The molecule has 1 aromatic rings. The highest BCUT2D eigenvalue weighted by molar-refractivity contribution is 5.57. The smallest absolute Gasteiger partial charge is 0.123 e.